The Morgan fingerprint density at radius 1 is 0.630 bits per heavy atom. The minimum absolute atomic E-state index is 0.0151. The lowest BCUT2D eigenvalue weighted by Gasteiger charge is -2.24. The van der Waals surface area contributed by atoms with Crippen LogP contribution < -0.4 is 0 Å². The van der Waals surface area contributed by atoms with Crippen molar-refractivity contribution in [2.75, 3.05) is 19.4 Å². The molecule has 0 aliphatic heterocycles. The Labute approximate surface area is 170 Å². The lowest BCUT2D eigenvalue weighted by Crippen LogP contribution is -2.15. The van der Waals surface area contributed by atoms with Crippen molar-refractivity contribution in [1.82, 2.24) is 0 Å². The van der Waals surface area contributed by atoms with Gasteiger partial charge in [-0.3, -0.25) is 4.57 Å². The average Bonchev–Trinajstić information content (AvgIpc) is 2.62. The molecule has 0 saturated heterocycles. The van der Waals surface area contributed by atoms with Crippen LogP contribution in [0.5, 0.6) is 0 Å². The lowest BCUT2D eigenvalue weighted by atomic mass is 9.99. The van der Waals surface area contributed by atoms with Crippen molar-refractivity contribution in [1.29, 1.82) is 0 Å². The second-order valence-electron chi connectivity index (χ2n) is 9.24. The molecule has 0 aliphatic carbocycles. The van der Waals surface area contributed by atoms with Crippen molar-refractivity contribution in [3.05, 3.63) is 0 Å². The van der Waals surface area contributed by atoms with Crippen LogP contribution in [-0.2, 0) is 13.6 Å². The molecule has 0 saturated carbocycles. The molecule has 0 rings (SSSR count). The van der Waals surface area contributed by atoms with Crippen LogP contribution in [-0.4, -0.2) is 19.4 Å². The normalized spacial score (nSPS) is 14.4. The summed E-state index contributed by atoms with van der Waals surface area (Å²) in [6, 6.07) is 0. The fourth-order valence-corrected chi connectivity index (χ4v) is 4.98. The molecule has 0 radical (unpaired) electrons. The summed E-state index contributed by atoms with van der Waals surface area (Å²) in [7, 11) is -2.91. The zero-order chi connectivity index (χ0) is 20.4. The maximum Gasteiger partial charge on any atom is 0.330 e. The third-order valence-corrected chi connectivity index (χ3v) is 6.73. The zero-order valence-corrected chi connectivity index (χ0v) is 20.1. The molecule has 0 heterocycles. The van der Waals surface area contributed by atoms with Gasteiger partial charge < -0.3 is 9.05 Å². The van der Waals surface area contributed by atoms with Gasteiger partial charge in [-0.1, -0.05) is 112 Å². The van der Waals surface area contributed by atoms with Crippen LogP contribution in [0.1, 0.15) is 125 Å². The van der Waals surface area contributed by atoms with Gasteiger partial charge in [0.25, 0.3) is 0 Å². The van der Waals surface area contributed by atoms with Crippen LogP contribution in [0.25, 0.3) is 0 Å². The Balaban J connectivity index is 3.69. The van der Waals surface area contributed by atoms with Crippen LogP contribution in [0.15, 0.2) is 0 Å². The van der Waals surface area contributed by atoms with Gasteiger partial charge in [-0.15, -0.1) is 0 Å². The summed E-state index contributed by atoms with van der Waals surface area (Å²) in [5.74, 6) is 0. The van der Waals surface area contributed by atoms with Crippen molar-refractivity contribution < 1.29 is 13.6 Å². The predicted molar refractivity (Wildman–Crippen MR) is 120 cm³/mol. The standard InChI is InChI=1S/C23H49O3P/c1-6-8-10-11-12-13-14-15-16-17-18-19-20-25-27(24,21-9-7-2)26-22-23(3,4)5/h6-22H2,1-5H3. The first-order valence-electron chi connectivity index (χ1n) is 11.7. The molecule has 4 heteroatoms. The van der Waals surface area contributed by atoms with Crippen LogP contribution in [0.3, 0.4) is 0 Å². The van der Waals surface area contributed by atoms with Crippen molar-refractivity contribution >= 4 is 7.60 Å². The molecule has 1 atom stereocenters. The summed E-state index contributed by atoms with van der Waals surface area (Å²) in [5.41, 5.74) is 0.0151. The molecular weight excluding hydrogens is 355 g/mol. The highest BCUT2D eigenvalue weighted by Gasteiger charge is 2.26. The van der Waals surface area contributed by atoms with E-state index < -0.39 is 7.60 Å². The zero-order valence-electron chi connectivity index (χ0n) is 19.2. The van der Waals surface area contributed by atoms with E-state index in [1.54, 1.807) is 0 Å². The first-order chi connectivity index (χ1) is 12.8. The third kappa shape index (κ3) is 19.2. The summed E-state index contributed by atoms with van der Waals surface area (Å²) >= 11 is 0. The number of rotatable bonds is 19. The summed E-state index contributed by atoms with van der Waals surface area (Å²) in [6.07, 6.45) is 18.3. The molecular formula is C23H49O3P. The lowest BCUT2D eigenvalue weighted by molar-refractivity contribution is 0.149. The molecule has 0 N–H and O–H groups in total. The van der Waals surface area contributed by atoms with Crippen LogP contribution in [0.4, 0.5) is 0 Å². The van der Waals surface area contributed by atoms with E-state index in [4.69, 9.17) is 9.05 Å². The number of unbranched alkanes of at least 4 members (excludes halogenated alkanes) is 12. The van der Waals surface area contributed by atoms with Gasteiger partial charge in [0.2, 0.25) is 0 Å². The van der Waals surface area contributed by atoms with Gasteiger partial charge in [-0.2, -0.15) is 0 Å². The van der Waals surface area contributed by atoms with E-state index in [1.807, 2.05) is 0 Å². The van der Waals surface area contributed by atoms with Crippen molar-refractivity contribution in [2.45, 2.75) is 125 Å². The quantitative estimate of drug-likeness (QED) is 0.159. The largest absolute Gasteiger partial charge is 0.330 e. The molecule has 3 nitrogen and oxygen atoms in total. The van der Waals surface area contributed by atoms with Gasteiger partial charge in [-0.05, 0) is 18.3 Å². The fourth-order valence-electron chi connectivity index (χ4n) is 2.96. The Kier molecular flexibility index (Phi) is 17.1. The highest BCUT2D eigenvalue weighted by molar-refractivity contribution is 7.53. The molecule has 0 aromatic carbocycles. The van der Waals surface area contributed by atoms with Gasteiger partial charge >= 0.3 is 7.60 Å². The van der Waals surface area contributed by atoms with Crippen LogP contribution in [0.2, 0.25) is 0 Å². The Bertz CT molecular complexity index is 363. The molecule has 164 valence electrons. The monoisotopic (exact) mass is 404 g/mol. The fraction of sp³-hybridized carbons (Fsp3) is 1.00. The molecule has 0 aliphatic rings. The van der Waals surface area contributed by atoms with Crippen molar-refractivity contribution in [3.63, 3.8) is 0 Å². The van der Waals surface area contributed by atoms with E-state index >= 15 is 0 Å². The van der Waals surface area contributed by atoms with Gasteiger partial charge in [0.05, 0.1) is 19.4 Å². The van der Waals surface area contributed by atoms with Crippen LogP contribution >= 0.6 is 7.60 Å². The van der Waals surface area contributed by atoms with Gasteiger partial charge in [0.1, 0.15) is 0 Å². The Morgan fingerprint density at radius 3 is 1.52 bits per heavy atom. The van der Waals surface area contributed by atoms with Crippen molar-refractivity contribution in [2.24, 2.45) is 5.41 Å². The summed E-state index contributed by atoms with van der Waals surface area (Å²) in [6.45, 7) is 11.7. The summed E-state index contributed by atoms with van der Waals surface area (Å²) in [5, 5.41) is 0. The Hall–Kier alpha value is 0.150. The molecule has 0 aromatic heterocycles. The second kappa shape index (κ2) is 17.0. The smallest absolute Gasteiger partial charge is 0.309 e. The van der Waals surface area contributed by atoms with E-state index in [1.165, 1.54) is 70.6 Å². The maximum atomic E-state index is 12.9. The minimum atomic E-state index is -2.91. The molecule has 0 fully saturated rings. The maximum absolute atomic E-state index is 12.9. The number of hydrogen-bond acceptors (Lipinski definition) is 3. The molecule has 1 unspecified atom stereocenters. The molecule has 0 spiro atoms. The van der Waals surface area contributed by atoms with Gasteiger partial charge in [0.15, 0.2) is 0 Å². The van der Waals surface area contributed by atoms with Gasteiger partial charge in [0, 0.05) is 0 Å². The third-order valence-electron chi connectivity index (χ3n) is 4.77. The first-order valence-corrected chi connectivity index (χ1v) is 13.4. The van der Waals surface area contributed by atoms with Crippen LogP contribution in [0, 0.1) is 5.41 Å². The molecule has 0 amide bonds. The summed E-state index contributed by atoms with van der Waals surface area (Å²) < 4.78 is 24.4. The SMILES string of the molecule is CCCCCCCCCCCCCCOP(=O)(CCCC)OCC(C)(C)C. The molecule has 0 aromatic rings. The molecule has 27 heavy (non-hydrogen) atoms. The Morgan fingerprint density at radius 2 is 1.07 bits per heavy atom. The van der Waals surface area contributed by atoms with E-state index in [9.17, 15) is 4.57 Å². The van der Waals surface area contributed by atoms with E-state index in [-0.39, 0.29) is 5.41 Å². The highest BCUT2D eigenvalue weighted by atomic mass is 31.2. The summed E-state index contributed by atoms with van der Waals surface area (Å²) in [4.78, 5) is 0. The minimum Gasteiger partial charge on any atom is -0.309 e. The van der Waals surface area contributed by atoms with Crippen molar-refractivity contribution in [3.8, 4) is 0 Å². The average molecular weight is 405 g/mol. The second-order valence-corrected chi connectivity index (χ2v) is 11.4. The highest BCUT2D eigenvalue weighted by Crippen LogP contribution is 2.50. The van der Waals surface area contributed by atoms with E-state index in [2.05, 4.69) is 34.6 Å². The topological polar surface area (TPSA) is 35.5 Å². The first kappa shape index (κ1) is 27.1. The molecule has 0 bridgehead atoms. The van der Waals surface area contributed by atoms with E-state index in [0.29, 0.717) is 19.4 Å². The predicted octanol–water partition coefficient (Wildman–Crippen LogP) is 8.76. The van der Waals surface area contributed by atoms with Gasteiger partial charge in [-0.25, -0.2) is 0 Å². The van der Waals surface area contributed by atoms with E-state index in [0.717, 1.165) is 19.3 Å². The number of hydrogen-bond donors (Lipinski definition) is 0.